The fraction of sp³-hybridized carbons (Fsp3) is 0.350. The van der Waals surface area contributed by atoms with Gasteiger partial charge in [-0.2, -0.15) is 0 Å². The average Bonchev–Trinajstić information content (AvgIpc) is 2.61. The fourth-order valence-electron chi connectivity index (χ4n) is 2.45. The third kappa shape index (κ3) is 5.72. The molecule has 7 heteroatoms. The molecule has 6 nitrogen and oxygen atoms in total. The Labute approximate surface area is 161 Å². The van der Waals surface area contributed by atoms with E-state index < -0.39 is 16.1 Å². The minimum atomic E-state index is -3.32. The van der Waals surface area contributed by atoms with Crippen molar-refractivity contribution in [2.75, 3.05) is 17.6 Å². The first kappa shape index (κ1) is 20.8. The molecule has 0 heterocycles. The molecule has 0 spiro atoms. The van der Waals surface area contributed by atoms with Crippen molar-refractivity contribution in [2.24, 2.45) is 0 Å². The molecule has 2 rings (SSSR count). The van der Waals surface area contributed by atoms with Gasteiger partial charge in [0.25, 0.3) is 5.91 Å². The summed E-state index contributed by atoms with van der Waals surface area (Å²) in [7, 11) is -1.84. The summed E-state index contributed by atoms with van der Waals surface area (Å²) < 4.78 is 30.0. The molecule has 0 fully saturated rings. The van der Waals surface area contributed by atoms with Gasteiger partial charge in [-0.15, -0.1) is 0 Å². The Bertz CT molecular complexity index is 877. The third-order valence-corrected chi connectivity index (χ3v) is 5.52. The van der Waals surface area contributed by atoms with Crippen LogP contribution >= 0.6 is 0 Å². The summed E-state index contributed by atoms with van der Waals surface area (Å²) in [5.74, 6) is 0.270. The Morgan fingerprint density at radius 3 is 2.11 bits per heavy atom. The van der Waals surface area contributed by atoms with Gasteiger partial charge in [0.05, 0.1) is 18.0 Å². The van der Waals surface area contributed by atoms with E-state index in [-0.39, 0.29) is 11.9 Å². The van der Waals surface area contributed by atoms with Crippen LogP contribution in [-0.2, 0) is 14.8 Å². The normalized spacial score (nSPS) is 13.5. The van der Waals surface area contributed by atoms with Crippen LogP contribution in [0.2, 0.25) is 0 Å². The second-order valence-corrected chi connectivity index (χ2v) is 8.64. The Morgan fingerprint density at radius 1 is 1.04 bits per heavy atom. The number of nitrogens with zero attached hydrogens (tertiary/aromatic N) is 1. The molecular weight excluding hydrogens is 364 g/mol. The van der Waals surface area contributed by atoms with Crippen molar-refractivity contribution in [3.8, 4) is 5.75 Å². The maximum Gasteiger partial charge on any atom is 0.261 e. The number of carbonyl (C=O) groups excluding carboxylic acids is 1. The van der Waals surface area contributed by atoms with Crippen LogP contribution in [0.5, 0.6) is 5.75 Å². The second kappa shape index (κ2) is 8.43. The van der Waals surface area contributed by atoms with Crippen LogP contribution in [0.4, 0.5) is 5.69 Å². The van der Waals surface area contributed by atoms with Gasteiger partial charge in [0.1, 0.15) is 5.75 Å². The van der Waals surface area contributed by atoms with Gasteiger partial charge in [0.15, 0.2) is 6.10 Å². The third-order valence-electron chi connectivity index (χ3n) is 4.32. The van der Waals surface area contributed by atoms with Crippen molar-refractivity contribution < 1.29 is 17.9 Å². The number of benzene rings is 2. The Balaban J connectivity index is 1.96. The second-order valence-electron chi connectivity index (χ2n) is 6.63. The van der Waals surface area contributed by atoms with E-state index in [2.05, 4.69) is 5.32 Å². The maximum absolute atomic E-state index is 12.4. The van der Waals surface area contributed by atoms with Gasteiger partial charge in [0, 0.05) is 7.05 Å². The highest BCUT2D eigenvalue weighted by molar-refractivity contribution is 7.92. The van der Waals surface area contributed by atoms with Gasteiger partial charge in [-0.05, 0) is 50.6 Å². The molecule has 0 saturated heterocycles. The Kier molecular flexibility index (Phi) is 6.49. The number of carbonyl (C=O) groups is 1. The van der Waals surface area contributed by atoms with E-state index in [0.717, 1.165) is 11.8 Å². The van der Waals surface area contributed by atoms with Crippen molar-refractivity contribution in [2.45, 2.75) is 32.9 Å². The van der Waals surface area contributed by atoms with Crippen molar-refractivity contribution in [3.63, 3.8) is 0 Å². The molecule has 1 amide bonds. The number of rotatable bonds is 7. The zero-order chi connectivity index (χ0) is 20.2. The smallest absolute Gasteiger partial charge is 0.261 e. The maximum atomic E-state index is 12.4. The summed E-state index contributed by atoms with van der Waals surface area (Å²) >= 11 is 0. The Hall–Kier alpha value is -2.54. The molecule has 146 valence electrons. The first-order chi connectivity index (χ1) is 12.6. The topological polar surface area (TPSA) is 75.7 Å². The zero-order valence-electron chi connectivity index (χ0n) is 16.3. The van der Waals surface area contributed by atoms with E-state index >= 15 is 0 Å². The minimum Gasteiger partial charge on any atom is -0.481 e. The van der Waals surface area contributed by atoms with E-state index in [0.29, 0.717) is 11.4 Å². The summed E-state index contributed by atoms with van der Waals surface area (Å²) in [4.78, 5) is 12.4. The van der Waals surface area contributed by atoms with E-state index in [1.807, 2.05) is 38.1 Å². The largest absolute Gasteiger partial charge is 0.481 e. The fourth-order valence-corrected chi connectivity index (χ4v) is 2.96. The molecule has 0 saturated carbocycles. The van der Waals surface area contributed by atoms with Crippen LogP contribution in [0.15, 0.2) is 48.5 Å². The molecule has 2 atom stereocenters. The van der Waals surface area contributed by atoms with E-state index in [1.54, 1.807) is 31.2 Å². The standard InChI is InChI=1S/C20H26N2O4S/c1-14-6-8-17(9-7-14)15(2)21-20(23)16(3)26-19-12-10-18(11-13-19)22(4)27(5,24)25/h6-13,15-16H,1-5H3,(H,21,23)/t15-,16+/m1/s1. The highest BCUT2D eigenvalue weighted by Gasteiger charge is 2.18. The van der Waals surface area contributed by atoms with Gasteiger partial charge in [-0.1, -0.05) is 29.8 Å². The number of nitrogens with one attached hydrogen (secondary N) is 1. The predicted molar refractivity (Wildman–Crippen MR) is 108 cm³/mol. The highest BCUT2D eigenvalue weighted by Crippen LogP contribution is 2.21. The lowest BCUT2D eigenvalue weighted by Crippen LogP contribution is -2.37. The first-order valence-electron chi connectivity index (χ1n) is 8.65. The lowest BCUT2D eigenvalue weighted by Gasteiger charge is -2.20. The van der Waals surface area contributed by atoms with Crippen molar-refractivity contribution in [3.05, 3.63) is 59.7 Å². The van der Waals surface area contributed by atoms with Crippen LogP contribution in [0.1, 0.15) is 31.0 Å². The van der Waals surface area contributed by atoms with E-state index in [4.69, 9.17) is 4.74 Å². The molecule has 0 aliphatic heterocycles. The molecule has 1 N–H and O–H groups in total. The van der Waals surface area contributed by atoms with Crippen molar-refractivity contribution in [1.82, 2.24) is 5.32 Å². The lowest BCUT2D eigenvalue weighted by atomic mass is 10.1. The Morgan fingerprint density at radius 2 is 1.59 bits per heavy atom. The van der Waals surface area contributed by atoms with E-state index in [9.17, 15) is 13.2 Å². The number of aryl methyl sites for hydroxylation is 1. The molecule has 0 aromatic heterocycles. The number of hydrogen-bond acceptors (Lipinski definition) is 4. The number of amides is 1. The predicted octanol–water partition coefficient (Wildman–Crippen LogP) is 3.04. The molecule has 2 aromatic rings. The van der Waals surface area contributed by atoms with Crippen LogP contribution in [0.25, 0.3) is 0 Å². The van der Waals surface area contributed by atoms with Gasteiger partial charge < -0.3 is 10.1 Å². The first-order valence-corrected chi connectivity index (χ1v) is 10.5. The molecule has 0 radical (unpaired) electrons. The molecule has 0 bridgehead atoms. The highest BCUT2D eigenvalue weighted by atomic mass is 32.2. The lowest BCUT2D eigenvalue weighted by molar-refractivity contribution is -0.127. The van der Waals surface area contributed by atoms with Crippen LogP contribution in [0, 0.1) is 6.92 Å². The molecule has 0 aliphatic carbocycles. The number of ether oxygens (including phenoxy) is 1. The number of anilines is 1. The molecular formula is C20H26N2O4S. The van der Waals surface area contributed by atoms with Crippen molar-refractivity contribution >= 4 is 21.6 Å². The van der Waals surface area contributed by atoms with Gasteiger partial charge in [-0.25, -0.2) is 8.42 Å². The zero-order valence-corrected chi connectivity index (χ0v) is 17.1. The van der Waals surface area contributed by atoms with Gasteiger partial charge >= 0.3 is 0 Å². The summed E-state index contributed by atoms with van der Waals surface area (Å²) in [5, 5.41) is 2.93. The summed E-state index contributed by atoms with van der Waals surface area (Å²) in [6, 6.07) is 14.4. The number of hydrogen-bond donors (Lipinski definition) is 1. The monoisotopic (exact) mass is 390 g/mol. The van der Waals surface area contributed by atoms with Crippen molar-refractivity contribution in [1.29, 1.82) is 0 Å². The van der Waals surface area contributed by atoms with Crippen LogP contribution in [0.3, 0.4) is 0 Å². The minimum absolute atomic E-state index is 0.130. The summed E-state index contributed by atoms with van der Waals surface area (Å²) in [5.41, 5.74) is 2.71. The quantitative estimate of drug-likeness (QED) is 0.788. The van der Waals surface area contributed by atoms with Crippen LogP contribution in [-0.4, -0.2) is 33.7 Å². The van der Waals surface area contributed by atoms with Crippen LogP contribution < -0.4 is 14.4 Å². The van der Waals surface area contributed by atoms with Gasteiger partial charge in [0.2, 0.25) is 10.0 Å². The number of sulfonamides is 1. The molecule has 27 heavy (non-hydrogen) atoms. The summed E-state index contributed by atoms with van der Waals surface area (Å²) in [6.07, 6.45) is 0.454. The van der Waals surface area contributed by atoms with E-state index in [1.165, 1.54) is 16.9 Å². The summed E-state index contributed by atoms with van der Waals surface area (Å²) in [6.45, 7) is 5.61. The average molecular weight is 391 g/mol. The molecule has 0 aliphatic rings. The molecule has 0 unspecified atom stereocenters. The van der Waals surface area contributed by atoms with Gasteiger partial charge in [-0.3, -0.25) is 9.10 Å². The molecule has 2 aromatic carbocycles. The SMILES string of the molecule is Cc1ccc([C@@H](C)NC(=O)[C@H](C)Oc2ccc(N(C)S(C)(=O)=O)cc2)cc1.